The number of rotatable bonds is 5. The fourth-order valence-electron chi connectivity index (χ4n) is 3.05. The van der Waals surface area contributed by atoms with E-state index in [2.05, 4.69) is 14.4 Å². The SMILES string of the molecule is Cc1nn(-c2ccc(SOON)cc2)c2cc(-c3ccccc3O)ccc12. The zero-order valence-electron chi connectivity index (χ0n) is 14.5. The summed E-state index contributed by atoms with van der Waals surface area (Å²) in [6, 6.07) is 21.1. The Hall–Kier alpha value is -2.84. The Balaban J connectivity index is 1.79. The standard InChI is InChI=1S/C20H17N3O3S/c1-13-17-11-6-14(18-4-2-3-5-20(18)24)12-19(17)23(22-13)15-7-9-16(10-8-15)27-26-25-21/h2-12,24H,21H2,1H3. The minimum Gasteiger partial charge on any atom is -0.507 e. The summed E-state index contributed by atoms with van der Waals surface area (Å²) in [4.78, 5) is 4.97. The van der Waals surface area contributed by atoms with Crippen molar-refractivity contribution in [2.75, 3.05) is 0 Å². The molecule has 3 N–H and O–H groups in total. The van der Waals surface area contributed by atoms with Crippen molar-refractivity contribution in [3.63, 3.8) is 0 Å². The monoisotopic (exact) mass is 379 g/mol. The van der Waals surface area contributed by atoms with Gasteiger partial charge in [-0.2, -0.15) is 11.0 Å². The number of nitrogens with two attached hydrogens (primary N) is 1. The molecule has 7 heteroatoms. The molecule has 0 aliphatic carbocycles. The highest BCUT2D eigenvalue weighted by atomic mass is 32.2. The maximum absolute atomic E-state index is 10.2. The van der Waals surface area contributed by atoms with Crippen molar-refractivity contribution in [2.45, 2.75) is 11.8 Å². The molecule has 6 nitrogen and oxygen atoms in total. The van der Waals surface area contributed by atoms with Crippen LogP contribution in [-0.4, -0.2) is 14.9 Å². The number of phenolic OH excluding ortho intramolecular Hbond substituents is 1. The first-order valence-corrected chi connectivity index (χ1v) is 9.00. The molecule has 4 aromatic rings. The Morgan fingerprint density at radius 2 is 1.81 bits per heavy atom. The summed E-state index contributed by atoms with van der Waals surface area (Å²) < 4.78 is 6.56. The topological polar surface area (TPSA) is 82.5 Å². The number of para-hydroxylation sites is 1. The number of benzene rings is 3. The zero-order chi connectivity index (χ0) is 18.8. The first-order valence-electron chi connectivity index (χ1n) is 8.25. The maximum Gasteiger partial charge on any atom is 0.123 e. The number of hydrogen-bond donors (Lipinski definition) is 2. The smallest absolute Gasteiger partial charge is 0.123 e. The highest BCUT2D eigenvalue weighted by Crippen LogP contribution is 2.32. The summed E-state index contributed by atoms with van der Waals surface area (Å²) in [7, 11) is 0. The Labute approximate surface area is 160 Å². The predicted octanol–water partition coefficient (Wildman–Crippen LogP) is 4.54. The normalized spacial score (nSPS) is 11.2. The van der Waals surface area contributed by atoms with E-state index in [1.165, 1.54) is 0 Å². The first-order chi connectivity index (χ1) is 13.2. The number of fused-ring (bicyclic) bond motifs is 1. The average molecular weight is 379 g/mol. The minimum absolute atomic E-state index is 0.253. The molecule has 0 spiro atoms. The molecule has 0 aliphatic heterocycles. The van der Waals surface area contributed by atoms with Gasteiger partial charge in [0.2, 0.25) is 0 Å². The third-order valence-corrected chi connectivity index (χ3v) is 4.94. The highest BCUT2D eigenvalue weighted by molar-refractivity contribution is 7.94. The average Bonchev–Trinajstić information content (AvgIpc) is 3.03. The molecule has 1 aromatic heterocycles. The number of hydrogen-bond acceptors (Lipinski definition) is 6. The second-order valence-electron chi connectivity index (χ2n) is 5.99. The lowest BCUT2D eigenvalue weighted by Gasteiger charge is -2.08. The summed E-state index contributed by atoms with van der Waals surface area (Å²) in [6.45, 7) is 1.98. The lowest BCUT2D eigenvalue weighted by molar-refractivity contribution is -0.195. The van der Waals surface area contributed by atoms with Gasteiger partial charge in [-0.25, -0.2) is 4.68 Å². The molecular weight excluding hydrogens is 362 g/mol. The van der Waals surface area contributed by atoms with Crippen LogP contribution in [0.15, 0.2) is 71.6 Å². The van der Waals surface area contributed by atoms with Crippen molar-refractivity contribution in [1.29, 1.82) is 0 Å². The van der Waals surface area contributed by atoms with Gasteiger partial charge in [-0.3, -0.25) is 0 Å². The van der Waals surface area contributed by atoms with Crippen molar-refractivity contribution >= 4 is 22.9 Å². The van der Waals surface area contributed by atoms with Gasteiger partial charge in [-0.05, 0) is 48.9 Å². The van der Waals surface area contributed by atoms with Gasteiger partial charge >= 0.3 is 0 Å². The van der Waals surface area contributed by atoms with Crippen LogP contribution in [-0.2, 0) is 9.32 Å². The molecule has 1 heterocycles. The molecule has 0 unspecified atom stereocenters. The summed E-state index contributed by atoms with van der Waals surface area (Å²) in [5, 5.41) is 15.9. The van der Waals surface area contributed by atoms with Gasteiger partial charge in [0.05, 0.1) is 28.9 Å². The van der Waals surface area contributed by atoms with Gasteiger partial charge in [0.25, 0.3) is 0 Å². The lowest BCUT2D eigenvalue weighted by Crippen LogP contribution is -1.97. The number of nitrogens with zero attached hydrogens (tertiary/aromatic N) is 2. The molecule has 27 heavy (non-hydrogen) atoms. The largest absolute Gasteiger partial charge is 0.507 e. The van der Waals surface area contributed by atoms with E-state index in [1.54, 1.807) is 6.07 Å². The molecule has 0 saturated carbocycles. The van der Waals surface area contributed by atoms with Crippen molar-refractivity contribution in [2.24, 2.45) is 5.90 Å². The van der Waals surface area contributed by atoms with E-state index in [1.807, 2.05) is 72.3 Å². The van der Waals surface area contributed by atoms with E-state index in [-0.39, 0.29) is 5.75 Å². The number of phenols is 1. The van der Waals surface area contributed by atoms with Crippen LogP contribution >= 0.6 is 12.0 Å². The Bertz CT molecular complexity index is 1090. The van der Waals surface area contributed by atoms with Crippen LogP contribution in [0.1, 0.15) is 5.69 Å². The molecule has 0 atom stereocenters. The Morgan fingerprint density at radius 3 is 2.56 bits per heavy atom. The van der Waals surface area contributed by atoms with Crippen LogP contribution < -0.4 is 5.90 Å². The first kappa shape index (κ1) is 17.6. The second kappa shape index (κ2) is 7.42. The van der Waals surface area contributed by atoms with Crippen LogP contribution in [0.2, 0.25) is 0 Å². The third-order valence-electron chi connectivity index (χ3n) is 4.33. The van der Waals surface area contributed by atoms with E-state index in [0.29, 0.717) is 0 Å². The predicted molar refractivity (Wildman–Crippen MR) is 105 cm³/mol. The van der Waals surface area contributed by atoms with Gasteiger partial charge in [0.1, 0.15) is 5.75 Å². The second-order valence-corrected chi connectivity index (χ2v) is 6.76. The Kier molecular flexibility index (Phi) is 4.83. The number of aryl methyl sites for hydroxylation is 1. The van der Waals surface area contributed by atoms with Crippen LogP contribution in [0.4, 0.5) is 0 Å². The number of aromatic hydroxyl groups is 1. The minimum atomic E-state index is 0.253. The molecule has 0 saturated heterocycles. The van der Waals surface area contributed by atoms with Gasteiger partial charge < -0.3 is 5.11 Å². The van der Waals surface area contributed by atoms with Gasteiger partial charge in [-0.1, -0.05) is 30.3 Å². The maximum atomic E-state index is 10.2. The van der Waals surface area contributed by atoms with Gasteiger partial charge in [0, 0.05) is 15.8 Å². The summed E-state index contributed by atoms with van der Waals surface area (Å²) >= 11 is 1.03. The molecule has 4 rings (SSSR count). The van der Waals surface area contributed by atoms with Gasteiger partial charge in [-0.15, -0.1) is 9.32 Å². The van der Waals surface area contributed by atoms with Crippen LogP contribution in [0.3, 0.4) is 0 Å². The quantitative estimate of drug-likeness (QED) is 0.301. The Morgan fingerprint density at radius 1 is 1.04 bits per heavy atom. The lowest BCUT2D eigenvalue weighted by atomic mass is 10.0. The van der Waals surface area contributed by atoms with Gasteiger partial charge in [0.15, 0.2) is 0 Å². The third kappa shape index (κ3) is 3.41. The van der Waals surface area contributed by atoms with Crippen molar-refractivity contribution in [1.82, 2.24) is 9.78 Å². The molecular formula is C20H17N3O3S. The molecule has 3 aromatic carbocycles. The molecule has 0 radical (unpaired) electrons. The fourth-order valence-corrected chi connectivity index (χ4v) is 3.42. The van der Waals surface area contributed by atoms with E-state index in [9.17, 15) is 5.11 Å². The zero-order valence-corrected chi connectivity index (χ0v) is 15.3. The fraction of sp³-hybridized carbons (Fsp3) is 0.0500. The highest BCUT2D eigenvalue weighted by Gasteiger charge is 2.12. The van der Waals surface area contributed by atoms with E-state index >= 15 is 0 Å². The number of aromatic nitrogens is 2. The molecule has 0 aliphatic rings. The van der Waals surface area contributed by atoms with E-state index in [4.69, 9.17) is 5.90 Å². The van der Waals surface area contributed by atoms with E-state index < -0.39 is 0 Å². The molecule has 136 valence electrons. The van der Waals surface area contributed by atoms with Crippen LogP contribution in [0.25, 0.3) is 27.7 Å². The van der Waals surface area contributed by atoms with E-state index in [0.717, 1.165) is 50.3 Å². The molecule has 0 amide bonds. The summed E-state index contributed by atoms with van der Waals surface area (Å²) in [5.41, 5.74) is 4.54. The van der Waals surface area contributed by atoms with Crippen molar-refractivity contribution in [3.05, 3.63) is 72.4 Å². The van der Waals surface area contributed by atoms with Crippen LogP contribution in [0.5, 0.6) is 5.75 Å². The molecule has 0 fully saturated rings. The molecule has 0 bridgehead atoms. The van der Waals surface area contributed by atoms with Crippen LogP contribution in [0, 0.1) is 6.92 Å². The summed E-state index contributed by atoms with van der Waals surface area (Å²) in [5.74, 6) is 5.11. The van der Waals surface area contributed by atoms with Crippen molar-refractivity contribution < 1.29 is 14.4 Å². The summed E-state index contributed by atoms with van der Waals surface area (Å²) in [6.07, 6.45) is 0. The van der Waals surface area contributed by atoms with Crippen molar-refractivity contribution in [3.8, 4) is 22.6 Å².